The average Bonchev–Trinajstić information content (AvgIpc) is 2.18. The van der Waals surface area contributed by atoms with Gasteiger partial charge in [-0.05, 0) is 12.8 Å². The van der Waals surface area contributed by atoms with E-state index in [9.17, 15) is 4.57 Å². The zero-order valence-electron chi connectivity index (χ0n) is 9.66. The molecular formula is C8H20O6P2+2. The second-order valence-electron chi connectivity index (χ2n) is 2.85. The van der Waals surface area contributed by atoms with Gasteiger partial charge in [-0.2, -0.15) is 0 Å². The summed E-state index contributed by atoms with van der Waals surface area (Å²) < 4.78 is 29.4. The summed E-state index contributed by atoms with van der Waals surface area (Å²) in [4.78, 5) is 14.2. The molecule has 0 aromatic heterocycles. The van der Waals surface area contributed by atoms with Crippen LogP contribution in [0, 0.1) is 0 Å². The van der Waals surface area contributed by atoms with Gasteiger partial charge in [0.15, 0.2) is 0 Å². The van der Waals surface area contributed by atoms with Gasteiger partial charge < -0.3 is 0 Å². The fourth-order valence-electron chi connectivity index (χ4n) is 0.604. The minimum atomic E-state index is -2.87. The minimum Gasteiger partial charge on any atom is -0.134 e. The van der Waals surface area contributed by atoms with Crippen LogP contribution in [0.3, 0.4) is 0 Å². The Morgan fingerprint density at radius 2 is 1.25 bits per heavy atom. The van der Waals surface area contributed by atoms with Crippen molar-refractivity contribution in [2.75, 3.05) is 13.2 Å². The smallest absolute Gasteiger partial charge is 0.134 e. The van der Waals surface area contributed by atoms with Crippen molar-refractivity contribution in [1.29, 1.82) is 0 Å². The molecule has 0 atom stereocenters. The van der Waals surface area contributed by atoms with Crippen LogP contribution in [-0.4, -0.2) is 23.0 Å². The van der Waals surface area contributed by atoms with Crippen molar-refractivity contribution < 1.29 is 28.0 Å². The first kappa shape index (κ1) is 18.4. The first-order chi connectivity index (χ1) is 7.54. The van der Waals surface area contributed by atoms with Crippen LogP contribution in [0.4, 0.5) is 0 Å². The molecule has 6 nitrogen and oxygen atoms in total. The monoisotopic (exact) mass is 274 g/mol. The highest BCUT2D eigenvalue weighted by Crippen LogP contribution is 2.24. The molecule has 0 fully saturated rings. The second kappa shape index (κ2) is 15.0. The Kier molecular flexibility index (Phi) is 17.3. The lowest BCUT2D eigenvalue weighted by Gasteiger charge is -1.89. The molecule has 8 heteroatoms. The molecule has 0 saturated carbocycles. The first-order valence-corrected chi connectivity index (χ1v) is 7.38. The van der Waals surface area contributed by atoms with Crippen molar-refractivity contribution >= 4 is 16.5 Å². The highest BCUT2D eigenvalue weighted by molar-refractivity contribution is 7.33. The third-order valence-corrected chi connectivity index (χ3v) is 2.18. The molecule has 0 aromatic rings. The highest BCUT2D eigenvalue weighted by atomic mass is 31.1. The summed E-state index contributed by atoms with van der Waals surface area (Å²) in [5, 5.41) is 0. The van der Waals surface area contributed by atoms with Gasteiger partial charge in [0.2, 0.25) is 0 Å². The van der Waals surface area contributed by atoms with Crippen LogP contribution in [0.15, 0.2) is 0 Å². The third-order valence-electron chi connectivity index (χ3n) is 1.39. The van der Waals surface area contributed by atoms with Crippen LogP contribution < -0.4 is 0 Å². The maximum absolute atomic E-state index is 10.9. The molecule has 96 valence electrons. The van der Waals surface area contributed by atoms with Gasteiger partial charge in [-0.1, -0.05) is 26.7 Å². The van der Waals surface area contributed by atoms with E-state index in [1.54, 1.807) is 0 Å². The fraction of sp³-hybridized carbons (Fsp3) is 1.00. The molecule has 0 unspecified atom stereocenters. The minimum absolute atomic E-state index is 0.540. The Labute approximate surface area is 97.9 Å². The van der Waals surface area contributed by atoms with Gasteiger partial charge in [0.05, 0.1) is 0 Å². The summed E-state index contributed by atoms with van der Waals surface area (Å²) >= 11 is 0. The van der Waals surface area contributed by atoms with Crippen LogP contribution >= 0.6 is 16.5 Å². The molecular weight excluding hydrogens is 254 g/mol. The molecule has 2 N–H and O–H groups in total. The maximum atomic E-state index is 10.9. The van der Waals surface area contributed by atoms with Gasteiger partial charge in [0.25, 0.3) is 0 Å². The zero-order valence-corrected chi connectivity index (χ0v) is 11.5. The summed E-state index contributed by atoms with van der Waals surface area (Å²) in [5.41, 5.74) is 0. The van der Waals surface area contributed by atoms with Crippen LogP contribution in [0.5, 0.6) is 0 Å². The lowest BCUT2D eigenvalue weighted by molar-refractivity contribution is 0.221. The highest BCUT2D eigenvalue weighted by Gasteiger charge is 2.18. The second-order valence-corrected chi connectivity index (χ2v) is 4.32. The summed E-state index contributed by atoms with van der Waals surface area (Å²) in [6, 6.07) is 0. The molecule has 0 aromatic carbocycles. The van der Waals surface area contributed by atoms with Crippen molar-refractivity contribution in [3.63, 3.8) is 0 Å². The maximum Gasteiger partial charge on any atom is 0.697 e. The zero-order chi connectivity index (χ0) is 12.8. The summed E-state index contributed by atoms with van der Waals surface area (Å²) in [6.07, 6.45) is 3.99. The topological polar surface area (TPSA) is 93.1 Å². The quantitative estimate of drug-likeness (QED) is 0.522. The van der Waals surface area contributed by atoms with Crippen LogP contribution in [0.1, 0.15) is 39.5 Å². The molecule has 0 aliphatic heterocycles. The summed E-state index contributed by atoms with van der Waals surface area (Å²) in [6.45, 7) is 5.21. The predicted octanol–water partition coefficient (Wildman–Crippen LogP) is 2.91. The van der Waals surface area contributed by atoms with E-state index in [1.807, 2.05) is 0 Å². The normalized spacial score (nSPS) is 9.25. The third kappa shape index (κ3) is 23.7. The fourth-order valence-corrected chi connectivity index (χ4v) is 1.23. The van der Waals surface area contributed by atoms with Gasteiger partial charge in [0.1, 0.15) is 13.2 Å². The molecule has 0 saturated heterocycles. The van der Waals surface area contributed by atoms with Gasteiger partial charge in [-0.3, -0.25) is 0 Å². The molecule has 0 aliphatic rings. The average molecular weight is 274 g/mol. The van der Waals surface area contributed by atoms with E-state index in [1.165, 1.54) is 0 Å². The van der Waals surface area contributed by atoms with E-state index in [0.29, 0.717) is 13.2 Å². The number of unbranched alkanes of at least 4 members (excludes halogenated alkanes) is 2. The molecule has 0 heterocycles. The molecule has 0 aliphatic carbocycles. The number of rotatable bonds is 8. The van der Waals surface area contributed by atoms with E-state index in [-0.39, 0.29) is 0 Å². The predicted molar refractivity (Wildman–Crippen MR) is 61.4 cm³/mol. The van der Waals surface area contributed by atoms with Gasteiger partial charge in [0, 0.05) is 9.13 Å². The lowest BCUT2D eigenvalue weighted by Crippen LogP contribution is -1.90. The van der Waals surface area contributed by atoms with E-state index in [4.69, 9.17) is 23.4 Å². The Balaban J connectivity index is 0. The van der Waals surface area contributed by atoms with Crippen molar-refractivity contribution in [2.24, 2.45) is 0 Å². The van der Waals surface area contributed by atoms with Crippen molar-refractivity contribution in [1.82, 2.24) is 0 Å². The van der Waals surface area contributed by atoms with Crippen molar-refractivity contribution in [3.05, 3.63) is 0 Å². The molecule has 0 bridgehead atoms. The SMILES string of the molecule is CCCCO[P+](=O)OCCCC.O=[P+](O)O. The standard InChI is InChI=1S/C8H18O3P.HO3P/c1-3-5-7-10-12(9)11-8-6-4-2;1-4(2)3/h3-8H2,1-2H3;(H-,1,2,3)/q+1;/p+1. The van der Waals surface area contributed by atoms with Gasteiger partial charge in [-0.15, -0.1) is 18.8 Å². The van der Waals surface area contributed by atoms with E-state index in [2.05, 4.69) is 13.8 Å². The van der Waals surface area contributed by atoms with Gasteiger partial charge in [-0.25, -0.2) is 0 Å². The Morgan fingerprint density at radius 3 is 1.50 bits per heavy atom. The Bertz CT molecular complexity index is 171. The van der Waals surface area contributed by atoms with Gasteiger partial charge >= 0.3 is 16.5 Å². The lowest BCUT2D eigenvalue weighted by atomic mass is 10.4. The molecule has 0 spiro atoms. The number of hydrogen-bond donors (Lipinski definition) is 2. The van der Waals surface area contributed by atoms with Crippen molar-refractivity contribution in [3.8, 4) is 0 Å². The van der Waals surface area contributed by atoms with Crippen LogP contribution in [0.25, 0.3) is 0 Å². The summed E-state index contributed by atoms with van der Waals surface area (Å²) in [5.74, 6) is 0. The molecule has 16 heavy (non-hydrogen) atoms. The largest absolute Gasteiger partial charge is 0.697 e. The Morgan fingerprint density at radius 1 is 0.938 bits per heavy atom. The number of hydrogen-bond acceptors (Lipinski definition) is 4. The molecule has 0 rings (SSSR count). The van der Waals surface area contributed by atoms with Crippen LogP contribution in [-0.2, 0) is 18.2 Å². The van der Waals surface area contributed by atoms with Crippen molar-refractivity contribution in [2.45, 2.75) is 39.5 Å². The first-order valence-electron chi connectivity index (χ1n) is 5.12. The summed E-state index contributed by atoms with van der Waals surface area (Å²) in [7, 11) is -4.72. The van der Waals surface area contributed by atoms with E-state index < -0.39 is 16.5 Å². The molecule has 0 radical (unpaired) electrons. The van der Waals surface area contributed by atoms with E-state index >= 15 is 0 Å². The van der Waals surface area contributed by atoms with Crippen LogP contribution in [0.2, 0.25) is 0 Å². The Hall–Kier alpha value is 0.0400. The molecule has 0 amide bonds. The van der Waals surface area contributed by atoms with E-state index in [0.717, 1.165) is 25.7 Å².